The molecule has 0 radical (unpaired) electrons. The van der Waals surface area contributed by atoms with Crippen LogP contribution in [0.1, 0.15) is 12.5 Å². The van der Waals surface area contributed by atoms with Crippen molar-refractivity contribution in [3.63, 3.8) is 0 Å². The van der Waals surface area contributed by atoms with Crippen LogP contribution in [0.15, 0.2) is 30.6 Å². The molecule has 1 aliphatic rings. The lowest BCUT2D eigenvalue weighted by atomic mass is 10.2. The molecule has 1 aromatic heterocycles. The van der Waals surface area contributed by atoms with Gasteiger partial charge in [0, 0.05) is 51.2 Å². The molecule has 1 saturated heterocycles. The Hall–Kier alpha value is -2.55. The molecule has 3 rings (SSSR count). The zero-order valence-corrected chi connectivity index (χ0v) is 15.2. The maximum absolute atomic E-state index is 12.6. The monoisotopic (exact) mass is 399 g/mol. The molecular weight excluding hydrogens is 383 g/mol. The van der Waals surface area contributed by atoms with Crippen LogP contribution in [-0.4, -0.2) is 47.0 Å². The van der Waals surface area contributed by atoms with Crippen LogP contribution in [0, 0.1) is 0 Å². The van der Waals surface area contributed by atoms with E-state index in [9.17, 15) is 18.0 Å². The molecule has 1 aromatic carbocycles. The Morgan fingerprint density at radius 3 is 2.30 bits per heavy atom. The summed E-state index contributed by atoms with van der Waals surface area (Å²) in [5.74, 6) is 0.0801. The fourth-order valence-electron chi connectivity index (χ4n) is 2.74. The van der Waals surface area contributed by atoms with E-state index in [1.54, 1.807) is 24.0 Å². The van der Waals surface area contributed by atoms with E-state index in [0.29, 0.717) is 49.3 Å². The van der Waals surface area contributed by atoms with E-state index in [1.807, 2.05) is 6.07 Å². The first-order chi connectivity index (χ1) is 12.7. The van der Waals surface area contributed by atoms with Gasteiger partial charge in [0.15, 0.2) is 0 Å². The zero-order chi connectivity index (χ0) is 19.6. The van der Waals surface area contributed by atoms with Gasteiger partial charge < -0.3 is 15.1 Å². The number of carbonyl (C=O) groups is 1. The maximum Gasteiger partial charge on any atom is 0.419 e. The van der Waals surface area contributed by atoms with Crippen LogP contribution < -0.4 is 10.2 Å². The number of hydrogen-bond acceptors (Lipinski definition) is 5. The summed E-state index contributed by atoms with van der Waals surface area (Å²) < 4.78 is 37.7. The summed E-state index contributed by atoms with van der Waals surface area (Å²) in [6, 6.07) is 5.33. The normalized spacial score (nSPS) is 15.0. The highest BCUT2D eigenvalue weighted by molar-refractivity contribution is 6.33. The lowest BCUT2D eigenvalue weighted by Crippen LogP contribution is -2.48. The van der Waals surface area contributed by atoms with Gasteiger partial charge in [-0.15, -0.1) is 0 Å². The van der Waals surface area contributed by atoms with Gasteiger partial charge in [-0.2, -0.15) is 13.2 Å². The number of anilines is 3. The third kappa shape index (κ3) is 4.60. The van der Waals surface area contributed by atoms with Gasteiger partial charge in [0.05, 0.1) is 16.3 Å². The molecule has 1 aliphatic heterocycles. The summed E-state index contributed by atoms with van der Waals surface area (Å²) in [7, 11) is 0. The van der Waals surface area contributed by atoms with E-state index >= 15 is 0 Å². The average Bonchev–Trinajstić information content (AvgIpc) is 2.63. The second kappa shape index (κ2) is 7.59. The average molecular weight is 400 g/mol. The minimum absolute atomic E-state index is 0.0210. The van der Waals surface area contributed by atoms with Crippen molar-refractivity contribution in [2.45, 2.75) is 13.1 Å². The predicted octanol–water partition coefficient (Wildman–Crippen LogP) is 3.56. The lowest BCUT2D eigenvalue weighted by molar-refractivity contribution is -0.138. The van der Waals surface area contributed by atoms with Gasteiger partial charge >= 0.3 is 6.18 Å². The van der Waals surface area contributed by atoms with Crippen LogP contribution in [0.2, 0.25) is 5.02 Å². The fraction of sp³-hybridized carbons (Fsp3) is 0.353. The van der Waals surface area contributed by atoms with Gasteiger partial charge in [0.2, 0.25) is 11.9 Å². The molecule has 0 unspecified atom stereocenters. The van der Waals surface area contributed by atoms with Crippen molar-refractivity contribution in [3.8, 4) is 0 Å². The first-order valence-corrected chi connectivity index (χ1v) is 8.58. The van der Waals surface area contributed by atoms with Crippen molar-refractivity contribution >= 4 is 34.8 Å². The van der Waals surface area contributed by atoms with Crippen molar-refractivity contribution in [3.05, 3.63) is 41.2 Å². The van der Waals surface area contributed by atoms with Crippen molar-refractivity contribution in [2.75, 3.05) is 36.4 Å². The topological polar surface area (TPSA) is 61.4 Å². The quantitative estimate of drug-likeness (QED) is 0.855. The SMILES string of the molecule is CC(=O)N1CCN(c2ccc(Nc3ncc(C(F)(F)F)cn3)c(Cl)c2)CC1. The molecule has 0 atom stereocenters. The molecular formula is C17H17ClF3N5O. The van der Waals surface area contributed by atoms with Gasteiger partial charge in [-0.3, -0.25) is 4.79 Å². The number of rotatable bonds is 3. The zero-order valence-electron chi connectivity index (χ0n) is 14.4. The number of piperazine rings is 1. The highest BCUT2D eigenvalue weighted by atomic mass is 35.5. The molecule has 1 amide bonds. The molecule has 1 N–H and O–H groups in total. The van der Waals surface area contributed by atoms with Crippen molar-refractivity contribution < 1.29 is 18.0 Å². The van der Waals surface area contributed by atoms with E-state index in [4.69, 9.17) is 11.6 Å². The smallest absolute Gasteiger partial charge is 0.368 e. The van der Waals surface area contributed by atoms with Crippen LogP contribution >= 0.6 is 11.6 Å². The minimum Gasteiger partial charge on any atom is -0.368 e. The number of aromatic nitrogens is 2. The molecule has 144 valence electrons. The first kappa shape index (κ1) is 19.2. The number of benzene rings is 1. The van der Waals surface area contributed by atoms with Crippen molar-refractivity contribution in [2.24, 2.45) is 0 Å². The summed E-state index contributed by atoms with van der Waals surface area (Å²) >= 11 is 6.29. The Kier molecular flexibility index (Phi) is 5.41. The highest BCUT2D eigenvalue weighted by Gasteiger charge is 2.31. The molecule has 27 heavy (non-hydrogen) atoms. The van der Waals surface area contributed by atoms with E-state index in [1.165, 1.54) is 0 Å². The van der Waals surface area contributed by atoms with E-state index in [-0.39, 0.29) is 11.9 Å². The third-order valence-corrected chi connectivity index (χ3v) is 4.58. The van der Waals surface area contributed by atoms with Gasteiger partial charge in [-0.05, 0) is 18.2 Å². The molecule has 1 fully saturated rings. The number of halogens is 4. The Bertz CT molecular complexity index is 820. The number of nitrogens with zero attached hydrogens (tertiary/aromatic N) is 4. The first-order valence-electron chi connectivity index (χ1n) is 8.20. The van der Waals surface area contributed by atoms with Gasteiger partial charge in [-0.1, -0.05) is 11.6 Å². The van der Waals surface area contributed by atoms with Crippen LogP contribution in [0.25, 0.3) is 0 Å². The second-order valence-electron chi connectivity index (χ2n) is 6.08. The molecule has 0 saturated carbocycles. The van der Waals surface area contributed by atoms with Crippen molar-refractivity contribution in [1.82, 2.24) is 14.9 Å². The summed E-state index contributed by atoms with van der Waals surface area (Å²) in [6.07, 6.45) is -3.05. The van der Waals surface area contributed by atoms with E-state index in [2.05, 4.69) is 20.2 Å². The minimum atomic E-state index is -4.48. The predicted molar refractivity (Wildman–Crippen MR) is 96.2 cm³/mol. The van der Waals surface area contributed by atoms with E-state index in [0.717, 1.165) is 5.69 Å². The van der Waals surface area contributed by atoms with Gasteiger partial charge in [0.1, 0.15) is 0 Å². The summed E-state index contributed by atoms with van der Waals surface area (Å²) in [6.45, 7) is 4.24. The second-order valence-corrected chi connectivity index (χ2v) is 6.48. The summed E-state index contributed by atoms with van der Waals surface area (Å²) in [5.41, 5.74) is 0.476. The molecule has 6 nitrogen and oxygen atoms in total. The number of alkyl halides is 3. The summed E-state index contributed by atoms with van der Waals surface area (Å²) in [4.78, 5) is 22.6. The van der Waals surface area contributed by atoms with Gasteiger partial charge in [-0.25, -0.2) is 9.97 Å². The number of amides is 1. The number of nitrogens with one attached hydrogen (secondary N) is 1. The maximum atomic E-state index is 12.6. The molecule has 10 heteroatoms. The Morgan fingerprint density at radius 2 is 1.78 bits per heavy atom. The van der Waals surface area contributed by atoms with Crippen LogP contribution in [0.4, 0.5) is 30.5 Å². The Morgan fingerprint density at radius 1 is 1.15 bits per heavy atom. The van der Waals surface area contributed by atoms with Crippen LogP contribution in [-0.2, 0) is 11.0 Å². The fourth-order valence-corrected chi connectivity index (χ4v) is 2.96. The number of hydrogen-bond donors (Lipinski definition) is 1. The third-order valence-electron chi connectivity index (χ3n) is 4.27. The Labute approximate surface area is 159 Å². The summed E-state index contributed by atoms with van der Waals surface area (Å²) in [5, 5.41) is 3.20. The van der Waals surface area contributed by atoms with Crippen LogP contribution in [0.5, 0.6) is 0 Å². The molecule has 0 aliphatic carbocycles. The molecule has 0 spiro atoms. The number of carbonyl (C=O) groups excluding carboxylic acids is 1. The lowest BCUT2D eigenvalue weighted by Gasteiger charge is -2.35. The molecule has 2 heterocycles. The van der Waals surface area contributed by atoms with E-state index < -0.39 is 11.7 Å². The Balaban J connectivity index is 1.67. The van der Waals surface area contributed by atoms with Gasteiger partial charge in [0.25, 0.3) is 0 Å². The van der Waals surface area contributed by atoms with Crippen molar-refractivity contribution in [1.29, 1.82) is 0 Å². The molecule has 0 bridgehead atoms. The molecule has 2 aromatic rings. The largest absolute Gasteiger partial charge is 0.419 e. The highest BCUT2D eigenvalue weighted by Crippen LogP contribution is 2.31. The standard InChI is InChI=1S/C17H17ClF3N5O/c1-11(27)25-4-6-26(7-5-25)13-2-3-15(14(18)8-13)24-16-22-9-12(10-23-16)17(19,20)21/h2-3,8-10H,4-7H2,1H3,(H,22,23,24). The van der Waals surface area contributed by atoms with Crippen LogP contribution in [0.3, 0.4) is 0 Å².